The molecule has 1 N–H and O–H groups in total. The van der Waals surface area contributed by atoms with Gasteiger partial charge in [0.1, 0.15) is 0 Å². The molecule has 0 saturated carbocycles. The van der Waals surface area contributed by atoms with Crippen molar-refractivity contribution in [3.8, 4) is 0 Å². The van der Waals surface area contributed by atoms with Crippen LogP contribution in [0.5, 0.6) is 0 Å². The molecular formula is C20H19NO3S. The number of fused-ring (bicyclic) bond motifs is 1. The Morgan fingerprint density at radius 2 is 1.88 bits per heavy atom. The smallest absolute Gasteiger partial charge is 0.310 e. The normalized spacial score (nSPS) is 11.9. The topological polar surface area (TPSA) is 55.4 Å². The zero-order chi connectivity index (χ0) is 17.6. The maximum Gasteiger partial charge on any atom is 0.310 e. The molecule has 25 heavy (non-hydrogen) atoms. The lowest BCUT2D eigenvalue weighted by Gasteiger charge is -2.12. The van der Waals surface area contributed by atoms with E-state index >= 15 is 0 Å². The van der Waals surface area contributed by atoms with Crippen LogP contribution in [0, 0.1) is 0 Å². The molecule has 0 bridgehead atoms. The van der Waals surface area contributed by atoms with E-state index in [0.29, 0.717) is 0 Å². The summed E-state index contributed by atoms with van der Waals surface area (Å²) in [4.78, 5) is 25.1. The van der Waals surface area contributed by atoms with Crippen molar-refractivity contribution in [2.75, 3.05) is 6.61 Å². The number of carbonyl (C=O) groups is 2. The first-order valence-corrected chi connectivity index (χ1v) is 8.96. The van der Waals surface area contributed by atoms with Gasteiger partial charge in [0.05, 0.1) is 12.5 Å². The van der Waals surface area contributed by atoms with Crippen LogP contribution in [0.4, 0.5) is 0 Å². The zero-order valence-corrected chi connectivity index (χ0v) is 14.7. The molecule has 0 saturated heterocycles. The van der Waals surface area contributed by atoms with Crippen molar-refractivity contribution in [1.29, 1.82) is 0 Å². The summed E-state index contributed by atoms with van der Waals surface area (Å²) in [6.45, 7) is 1.64. The van der Waals surface area contributed by atoms with E-state index in [1.807, 2.05) is 66.9 Å². The van der Waals surface area contributed by atoms with E-state index in [2.05, 4.69) is 5.32 Å². The highest BCUT2D eigenvalue weighted by atomic mass is 32.1. The van der Waals surface area contributed by atoms with E-state index in [4.69, 9.17) is 4.74 Å². The molecule has 1 aromatic heterocycles. The maximum absolute atomic E-state index is 12.1. The minimum absolute atomic E-state index is 0.0933. The Balaban J connectivity index is 1.53. The van der Waals surface area contributed by atoms with E-state index in [9.17, 15) is 9.59 Å². The average Bonchev–Trinajstić information content (AvgIpc) is 3.15. The molecule has 3 aromatic rings. The SMILES string of the molecule is C[C@@H](NC(=O)COC(=O)Cc1cccc2ccccc12)c1cccs1. The van der Waals surface area contributed by atoms with Crippen LogP contribution in [0.1, 0.15) is 23.4 Å². The average molecular weight is 353 g/mol. The number of nitrogens with one attached hydrogen (secondary N) is 1. The number of hydrogen-bond acceptors (Lipinski definition) is 4. The number of benzene rings is 2. The van der Waals surface area contributed by atoms with E-state index in [1.54, 1.807) is 11.3 Å². The largest absolute Gasteiger partial charge is 0.455 e. The van der Waals surface area contributed by atoms with Crippen molar-refractivity contribution in [3.05, 3.63) is 70.4 Å². The fraction of sp³-hybridized carbons (Fsp3) is 0.200. The van der Waals surface area contributed by atoms with Gasteiger partial charge in [-0.15, -0.1) is 11.3 Å². The molecular weight excluding hydrogens is 334 g/mol. The van der Waals surface area contributed by atoms with Gasteiger partial charge in [0, 0.05) is 4.88 Å². The molecule has 4 nitrogen and oxygen atoms in total. The van der Waals surface area contributed by atoms with Gasteiger partial charge in [0.25, 0.3) is 5.91 Å². The fourth-order valence-electron chi connectivity index (χ4n) is 2.69. The van der Waals surface area contributed by atoms with Crippen molar-refractivity contribution < 1.29 is 14.3 Å². The Hall–Kier alpha value is -2.66. The lowest BCUT2D eigenvalue weighted by Crippen LogP contribution is -2.31. The van der Waals surface area contributed by atoms with Gasteiger partial charge in [0.15, 0.2) is 6.61 Å². The predicted molar refractivity (Wildman–Crippen MR) is 99.5 cm³/mol. The quantitative estimate of drug-likeness (QED) is 0.685. The minimum Gasteiger partial charge on any atom is -0.455 e. The molecule has 0 unspecified atom stereocenters. The van der Waals surface area contributed by atoms with Crippen LogP contribution < -0.4 is 5.32 Å². The summed E-state index contributed by atoms with van der Waals surface area (Å²) < 4.78 is 5.13. The second kappa shape index (κ2) is 7.94. The van der Waals surface area contributed by atoms with Crippen molar-refractivity contribution in [2.24, 2.45) is 0 Å². The summed E-state index contributed by atoms with van der Waals surface area (Å²) in [6, 6.07) is 17.5. The summed E-state index contributed by atoms with van der Waals surface area (Å²) in [7, 11) is 0. The van der Waals surface area contributed by atoms with Crippen LogP contribution in [0.2, 0.25) is 0 Å². The van der Waals surface area contributed by atoms with Gasteiger partial charge in [-0.3, -0.25) is 9.59 Å². The van der Waals surface area contributed by atoms with Crippen LogP contribution in [0.15, 0.2) is 60.0 Å². The fourth-order valence-corrected chi connectivity index (χ4v) is 3.43. The molecule has 0 fully saturated rings. The summed E-state index contributed by atoms with van der Waals surface area (Å²) in [5.41, 5.74) is 0.899. The van der Waals surface area contributed by atoms with E-state index < -0.39 is 5.97 Å². The third-order valence-corrected chi connectivity index (χ3v) is 4.98. The Morgan fingerprint density at radius 1 is 1.08 bits per heavy atom. The number of esters is 1. The molecule has 0 aliphatic carbocycles. The third-order valence-electron chi connectivity index (χ3n) is 3.93. The van der Waals surface area contributed by atoms with Crippen molar-refractivity contribution >= 4 is 34.0 Å². The molecule has 1 heterocycles. The number of amides is 1. The Morgan fingerprint density at radius 3 is 2.68 bits per heavy atom. The van der Waals surface area contributed by atoms with Crippen LogP contribution in [0.25, 0.3) is 10.8 Å². The van der Waals surface area contributed by atoms with Gasteiger partial charge in [-0.1, -0.05) is 48.5 Å². The molecule has 1 amide bonds. The van der Waals surface area contributed by atoms with Gasteiger partial charge < -0.3 is 10.1 Å². The number of hydrogen-bond donors (Lipinski definition) is 1. The number of carbonyl (C=O) groups excluding carboxylic acids is 2. The van der Waals surface area contributed by atoms with E-state index in [-0.39, 0.29) is 25.0 Å². The highest BCUT2D eigenvalue weighted by molar-refractivity contribution is 7.10. The highest BCUT2D eigenvalue weighted by Gasteiger charge is 2.13. The first kappa shape index (κ1) is 17.2. The predicted octanol–water partition coefficient (Wildman–Crippen LogP) is 3.86. The molecule has 5 heteroatoms. The second-order valence-corrected chi connectivity index (χ2v) is 6.76. The summed E-state index contributed by atoms with van der Waals surface area (Å²) in [5, 5.41) is 6.89. The van der Waals surface area contributed by atoms with Crippen LogP contribution in [0.3, 0.4) is 0 Å². The highest BCUT2D eigenvalue weighted by Crippen LogP contribution is 2.19. The molecule has 0 spiro atoms. The number of thiophene rings is 1. The second-order valence-electron chi connectivity index (χ2n) is 5.78. The van der Waals surface area contributed by atoms with Crippen LogP contribution in [-0.2, 0) is 20.7 Å². The van der Waals surface area contributed by atoms with Gasteiger partial charge in [0.2, 0.25) is 0 Å². The van der Waals surface area contributed by atoms with Gasteiger partial charge in [-0.2, -0.15) is 0 Å². The first-order chi connectivity index (χ1) is 12.1. The molecule has 0 aliphatic rings. The van der Waals surface area contributed by atoms with Crippen molar-refractivity contribution in [1.82, 2.24) is 5.32 Å². The zero-order valence-electron chi connectivity index (χ0n) is 13.9. The minimum atomic E-state index is -0.407. The Bertz CT molecular complexity index is 868. The summed E-state index contributed by atoms with van der Waals surface area (Å²) >= 11 is 1.58. The first-order valence-electron chi connectivity index (χ1n) is 8.08. The molecule has 0 aliphatic heterocycles. The van der Waals surface area contributed by atoms with Gasteiger partial charge in [-0.05, 0) is 34.7 Å². The molecule has 1 atom stereocenters. The van der Waals surface area contributed by atoms with Gasteiger partial charge >= 0.3 is 5.97 Å². The number of ether oxygens (including phenoxy) is 1. The lowest BCUT2D eigenvalue weighted by molar-refractivity contribution is -0.148. The molecule has 3 rings (SSSR count). The van der Waals surface area contributed by atoms with Crippen LogP contribution >= 0.6 is 11.3 Å². The monoisotopic (exact) mass is 353 g/mol. The third kappa shape index (κ3) is 4.45. The lowest BCUT2D eigenvalue weighted by atomic mass is 10.0. The number of rotatable bonds is 6. The van der Waals surface area contributed by atoms with Crippen LogP contribution in [-0.4, -0.2) is 18.5 Å². The summed E-state index contributed by atoms with van der Waals surface area (Å²) in [6.07, 6.45) is 0.148. The molecule has 2 aromatic carbocycles. The Kier molecular flexibility index (Phi) is 5.46. The van der Waals surface area contributed by atoms with E-state index in [1.165, 1.54) is 0 Å². The summed E-state index contributed by atoms with van der Waals surface area (Å²) in [5.74, 6) is -0.706. The molecule has 128 valence electrons. The van der Waals surface area contributed by atoms with Gasteiger partial charge in [-0.25, -0.2) is 0 Å². The standard InChI is InChI=1S/C20H19NO3S/c1-14(18-10-5-11-25-18)21-19(22)13-24-20(23)12-16-8-4-7-15-6-2-3-9-17(15)16/h2-11,14H,12-13H2,1H3,(H,21,22)/t14-/m1/s1. The van der Waals surface area contributed by atoms with Crippen molar-refractivity contribution in [3.63, 3.8) is 0 Å². The Labute approximate surface area is 150 Å². The molecule has 0 radical (unpaired) electrons. The van der Waals surface area contributed by atoms with E-state index in [0.717, 1.165) is 21.2 Å². The maximum atomic E-state index is 12.1. The van der Waals surface area contributed by atoms with Crippen molar-refractivity contribution in [2.45, 2.75) is 19.4 Å².